The molecule has 3 N–H and O–H groups in total. The molecule has 0 radical (unpaired) electrons. The fourth-order valence-electron chi connectivity index (χ4n) is 1.41. The maximum Gasteiger partial charge on any atom is 0.243 e. The third-order valence-electron chi connectivity index (χ3n) is 2.52. The van der Waals surface area contributed by atoms with Gasteiger partial charge in [0, 0.05) is 11.1 Å². The third kappa shape index (κ3) is 4.86. The van der Waals surface area contributed by atoms with Gasteiger partial charge < -0.3 is 16.0 Å². The number of carbonyl (C=O) groups excluding carboxylic acids is 1. The van der Waals surface area contributed by atoms with Gasteiger partial charge in [-0.1, -0.05) is 23.2 Å². The normalized spacial score (nSPS) is 13.8. The Balaban J connectivity index is 1.79. The lowest BCUT2D eigenvalue weighted by Gasteiger charge is -2.11. The Morgan fingerprint density at radius 3 is 2.79 bits per heavy atom. The van der Waals surface area contributed by atoms with E-state index in [0.717, 1.165) is 12.8 Å². The Morgan fingerprint density at radius 2 is 2.11 bits per heavy atom. The van der Waals surface area contributed by atoms with Crippen LogP contribution in [0.2, 0.25) is 10.0 Å². The Bertz CT molecular complexity index is 506. The number of thiocarbonyl (C=S) groups is 1. The highest BCUT2D eigenvalue weighted by atomic mass is 35.5. The van der Waals surface area contributed by atoms with Gasteiger partial charge in [-0.3, -0.25) is 4.79 Å². The highest BCUT2D eigenvalue weighted by molar-refractivity contribution is 7.80. The standard InChI is InChI=1S/C12H13Cl2N3OS/c13-7-1-4-9(14)10(5-7)17-11(18)6-15-12(19)16-8-2-3-8/h1,4-5,8H,2-3,6H2,(H,17,18)(H2,15,16,19). The molecule has 102 valence electrons. The summed E-state index contributed by atoms with van der Waals surface area (Å²) in [6.07, 6.45) is 2.26. The van der Waals surface area contributed by atoms with E-state index in [1.165, 1.54) is 0 Å². The smallest absolute Gasteiger partial charge is 0.243 e. The zero-order chi connectivity index (χ0) is 13.8. The highest BCUT2D eigenvalue weighted by Crippen LogP contribution is 2.25. The minimum atomic E-state index is -0.232. The average Bonchev–Trinajstić information content (AvgIpc) is 3.15. The van der Waals surface area contributed by atoms with Crippen LogP contribution >= 0.6 is 35.4 Å². The molecule has 0 atom stereocenters. The van der Waals surface area contributed by atoms with Crippen LogP contribution in [0.1, 0.15) is 12.8 Å². The predicted octanol–water partition coefficient (Wildman–Crippen LogP) is 2.56. The van der Waals surface area contributed by atoms with Gasteiger partial charge in [0.25, 0.3) is 0 Å². The molecule has 1 amide bonds. The van der Waals surface area contributed by atoms with Gasteiger partial charge >= 0.3 is 0 Å². The van der Waals surface area contributed by atoms with Gasteiger partial charge in [0.05, 0.1) is 17.3 Å². The summed E-state index contributed by atoms with van der Waals surface area (Å²) in [7, 11) is 0. The van der Waals surface area contributed by atoms with Crippen molar-refractivity contribution in [2.45, 2.75) is 18.9 Å². The van der Waals surface area contributed by atoms with Gasteiger partial charge in [-0.2, -0.15) is 0 Å². The lowest BCUT2D eigenvalue weighted by Crippen LogP contribution is -2.40. The number of halogens is 2. The van der Waals surface area contributed by atoms with Gasteiger partial charge in [-0.15, -0.1) is 0 Å². The first-order valence-corrected chi connectivity index (χ1v) is 7.00. The zero-order valence-corrected chi connectivity index (χ0v) is 12.3. The summed E-state index contributed by atoms with van der Waals surface area (Å²) in [6, 6.07) is 5.35. The lowest BCUT2D eigenvalue weighted by atomic mass is 10.3. The average molecular weight is 318 g/mol. The maximum atomic E-state index is 11.7. The lowest BCUT2D eigenvalue weighted by molar-refractivity contribution is -0.115. The molecule has 1 aliphatic carbocycles. The van der Waals surface area contributed by atoms with Gasteiger partial charge in [-0.25, -0.2) is 0 Å². The van der Waals surface area contributed by atoms with Crippen molar-refractivity contribution in [1.82, 2.24) is 10.6 Å². The van der Waals surface area contributed by atoms with E-state index in [1.54, 1.807) is 18.2 Å². The molecule has 1 saturated carbocycles. The Kier molecular flexibility index (Phi) is 4.85. The van der Waals surface area contributed by atoms with Crippen LogP contribution in [0.5, 0.6) is 0 Å². The number of nitrogens with one attached hydrogen (secondary N) is 3. The molecule has 0 aliphatic heterocycles. The summed E-state index contributed by atoms with van der Waals surface area (Å²) in [6.45, 7) is 0.0847. The Hall–Kier alpha value is -1.04. The van der Waals surface area contributed by atoms with E-state index in [0.29, 0.717) is 26.9 Å². The fourth-order valence-corrected chi connectivity index (χ4v) is 1.99. The molecular formula is C12H13Cl2N3OS. The second-order valence-corrected chi connectivity index (χ2v) is 5.53. The molecule has 19 heavy (non-hydrogen) atoms. The number of hydrogen-bond donors (Lipinski definition) is 3. The van der Waals surface area contributed by atoms with Crippen LogP contribution < -0.4 is 16.0 Å². The van der Waals surface area contributed by atoms with E-state index in [9.17, 15) is 4.79 Å². The number of benzene rings is 1. The van der Waals surface area contributed by atoms with Crippen molar-refractivity contribution >= 4 is 52.1 Å². The van der Waals surface area contributed by atoms with Crippen LogP contribution in [-0.4, -0.2) is 23.6 Å². The van der Waals surface area contributed by atoms with Crippen LogP contribution in [0.4, 0.5) is 5.69 Å². The minimum absolute atomic E-state index is 0.0847. The summed E-state index contributed by atoms with van der Waals surface area (Å²) in [5.41, 5.74) is 0.488. The SMILES string of the molecule is O=C(CNC(=S)NC1CC1)Nc1cc(Cl)ccc1Cl. The van der Waals surface area contributed by atoms with Crippen molar-refractivity contribution in [3.8, 4) is 0 Å². The minimum Gasteiger partial charge on any atom is -0.360 e. The quantitative estimate of drug-likeness (QED) is 0.747. The number of rotatable bonds is 4. The molecule has 4 nitrogen and oxygen atoms in total. The number of amides is 1. The second kappa shape index (κ2) is 6.41. The molecule has 2 rings (SSSR count). The van der Waals surface area contributed by atoms with Crippen molar-refractivity contribution < 1.29 is 4.79 Å². The van der Waals surface area contributed by atoms with Crippen molar-refractivity contribution in [2.24, 2.45) is 0 Å². The number of anilines is 1. The number of carbonyl (C=O) groups is 1. The van der Waals surface area contributed by atoms with E-state index in [-0.39, 0.29) is 12.5 Å². The first-order chi connectivity index (χ1) is 9.04. The Labute approximate surface area is 126 Å². The van der Waals surface area contributed by atoms with E-state index >= 15 is 0 Å². The summed E-state index contributed by atoms with van der Waals surface area (Å²) < 4.78 is 0. The monoisotopic (exact) mass is 317 g/mol. The Morgan fingerprint density at radius 1 is 1.37 bits per heavy atom. The molecular weight excluding hydrogens is 305 g/mol. The van der Waals surface area contributed by atoms with E-state index in [1.807, 2.05) is 0 Å². The molecule has 1 aromatic carbocycles. The van der Waals surface area contributed by atoms with Crippen LogP contribution in [-0.2, 0) is 4.79 Å². The van der Waals surface area contributed by atoms with E-state index in [2.05, 4.69) is 16.0 Å². The molecule has 1 fully saturated rings. The van der Waals surface area contributed by atoms with Gasteiger partial charge in [0.15, 0.2) is 5.11 Å². The molecule has 1 aliphatic rings. The number of hydrogen-bond acceptors (Lipinski definition) is 2. The van der Waals surface area contributed by atoms with Crippen molar-refractivity contribution in [1.29, 1.82) is 0 Å². The highest BCUT2D eigenvalue weighted by Gasteiger charge is 2.21. The summed E-state index contributed by atoms with van der Waals surface area (Å²) in [5.74, 6) is -0.232. The second-order valence-electron chi connectivity index (χ2n) is 4.27. The van der Waals surface area contributed by atoms with Gasteiger partial charge in [0.1, 0.15) is 0 Å². The first kappa shape index (κ1) is 14.4. The third-order valence-corrected chi connectivity index (χ3v) is 3.35. The van der Waals surface area contributed by atoms with Crippen molar-refractivity contribution in [3.05, 3.63) is 28.2 Å². The van der Waals surface area contributed by atoms with Gasteiger partial charge in [0.2, 0.25) is 5.91 Å². The summed E-state index contributed by atoms with van der Waals surface area (Å²) >= 11 is 16.8. The largest absolute Gasteiger partial charge is 0.360 e. The molecule has 0 heterocycles. The summed E-state index contributed by atoms with van der Waals surface area (Å²) in [4.78, 5) is 11.7. The topological polar surface area (TPSA) is 53.2 Å². The van der Waals surface area contributed by atoms with Crippen LogP contribution in [0.25, 0.3) is 0 Å². The summed E-state index contributed by atoms with van der Waals surface area (Å²) in [5, 5.41) is 10.0. The zero-order valence-electron chi connectivity index (χ0n) is 10.0. The molecule has 0 saturated heterocycles. The van der Waals surface area contributed by atoms with E-state index < -0.39 is 0 Å². The molecule has 0 aromatic heterocycles. The van der Waals surface area contributed by atoms with Crippen molar-refractivity contribution in [3.63, 3.8) is 0 Å². The van der Waals surface area contributed by atoms with Crippen LogP contribution in [0, 0.1) is 0 Å². The van der Waals surface area contributed by atoms with Crippen LogP contribution in [0.15, 0.2) is 18.2 Å². The maximum absolute atomic E-state index is 11.7. The van der Waals surface area contributed by atoms with Gasteiger partial charge in [-0.05, 0) is 43.3 Å². The molecule has 0 spiro atoms. The molecule has 7 heteroatoms. The van der Waals surface area contributed by atoms with Crippen LogP contribution in [0.3, 0.4) is 0 Å². The fraction of sp³-hybridized carbons (Fsp3) is 0.333. The van der Waals surface area contributed by atoms with E-state index in [4.69, 9.17) is 35.4 Å². The molecule has 0 unspecified atom stereocenters. The van der Waals surface area contributed by atoms with Crippen molar-refractivity contribution in [2.75, 3.05) is 11.9 Å². The molecule has 0 bridgehead atoms. The predicted molar refractivity (Wildman–Crippen MR) is 81.9 cm³/mol. The first-order valence-electron chi connectivity index (χ1n) is 5.84. The molecule has 1 aromatic rings.